The Morgan fingerprint density at radius 1 is 1.21 bits per heavy atom. The highest BCUT2D eigenvalue weighted by Gasteiger charge is 2.22. The normalized spacial score (nSPS) is 14.5. The van der Waals surface area contributed by atoms with Crippen molar-refractivity contribution in [2.24, 2.45) is 0 Å². The number of benzene rings is 1. The van der Waals surface area contributed by atoms with E-state index in [1.807, 2.05) is 35.0 Å². The smallest absolute Gasteiger partial charge is 0.256 e. The van der Waals surface area contributed by atoms with Gasteiger partial charge in [0.2, 0.25) is 5.95 Å². The Hall–Kier alpha value is -2.73. The lowest BCUT2D eigenvalue weighted by molar-refractivity contribution is 0.197. The number of fused-ring (bicyclic) bond motifs is 1. The number of methoxy groups -OCH3 is 1. The van der Waals surface area contributed by atoms with Gasteiger partial charge in [0.15, 0.2) is 0 Å². The molecular formula is C23H28N4O2. The van der Waals surface area contributed by atoms with E-state index in [1.54, 1.807) is 7.11 Å². The van der Waals surface area contributed by atoms with Crippen molar-refractivity contribution < 1.29 is 4.74 Å². The molecule has 4 rings (SSSR count). The number of hydrogen-bond acceptors (Lipinski definition) is 5. The molecule has 1 N–H and O–H groups in total. The Morgan fingerprint density at radius 2 is 2.00 bits per heavy atom. The van der Waals surface area contributed by atoms with Gasteiger partial charge in [-0.15, -0.1) is 0 Å². The number of hydrogen-bond donors (Lipinski definition) is 1. The van der Waals surface area contributed by atoms with Gasteiger partial charge in [-0.3, -0.25) is 9.36 Å². The van der Waals surface area contributed by atoms with Crippen LogP contribution in [0.1, 0.15) is 49.3 Å². The molecule has 6 heteroatoms. The van der Waals surface area contributed by atoms with Crippen molar-refractivity contribution in [3.8, 4) is 0 Å². The van der Waals surface area contributed by atoms with E-state index in [1.165, 1.54) is 0 Å². The Labute approximate surface area is 171 Å². The van der Waals surface area contributed by atoms with E-state index in [9.17, 15) is 4.79 Å². The molecule has 0 amide bonds. The summed E-state index contributed by atoms with van der Waals surface area (Å²) in [4.78, 5) is 22.6. The Morgan fingerprint density at radius 3 is 2.76 bits per heavy atom. The van der Waals surface area contributed by atoms with E-state index in [-0.39, 0.29) is 11.6 Å². The predicted octanol–water partition coefficient (Wildman–Crippen LogP) is 3.95. The summed E-state index contributed by atoms with van der Waals surface area (Å²) < 4.78 is 7.02. The zero-order chi connectivity index (χ0) is 20.1. The molecule has 1 saturated carbocycles. The van der Waals surface area contributed by atoms with Crippen molar-refractivity contribution in [2.45, 2.75) is 44.6 Å². The third kappa shape index (κ3) is 4.48. The fraction of sp³-hybridized carbons (Fsp3) is 0.435. The second-order valence-electron chi connectivity index (χ2n) is 7.69. The molecular weight excluding hydrogens is 364 g/mol. The molecule has 2 aromatic heterocycles. The van der Waals surface area contributed by atoms with Gasteiger partial charge >= 0.3 is 0 Å². The second kappa shape index (κ2) is 9.18. The molecule has 0 saturated heterocycles. The first kappa shape index (κ1) is 19.6. The van der Waals surface area contributed by atoms with Crippen LogP contribution in [-0.4, -0.2) is 34.8 Å². The lowest BCUT2D eigenvalue weighted by atomic mass is 10.0. The standard InChI is InChI=1S/C23H28N4O2/c1-29-13-7-12-24-23-25-16-19-15-18(14-17-8-3-2-4-9-17)22(28)27(21(19)26-23)20-10-5-6-11-20/h2-4,8-9,15-16,20H,5-7,10-14H2,1H3,(H,24,25,26). The fourth-order valence-electron chi connectivity index (χ4n) is 4.12. The molecule has 3 aromatic rings. The highest BCUT2D eigenvalue weighted by molar-refractivity contribution is 5.76. The van der Waals surface area contributed by atoms with Crippen LogP contribution in [0, 0.1) is 0 Å². The van der Waals surface area contributed by atoms with Gasteiger partial charge < -0.3 is 10.1 Å². The number of rotatable bonds is 8. The van der Waals surface area contributed by atoms with E-state index in [0.717, 1.165) is 60.8 Å². The maximum absolute atomic E-state index is 13.5. The van der Waals surface area contributed by atoms with Crippen LogP contribution in [0.4, 0.5) is 5.95 Å². The largest absolute Gasteiger partial charge is 0.385 e. The van der Waals surface area contributed by atoms with Crippen LogP contribution in [0.2, 0.25) is 0 Å². The van der Waals surface area contributed by atoms with E-state index < -0.39 is 0 Å². The Kier molecular flexibility index (Phi) is 6.20. The number of anilines is 1. The molecule has 1 fully saturated rings. The molecule has 0 aliphatic heterocycles. The minimum Gasteiger partial charge on any atom is -0.385 e. The van der Waals surface area contributed by atoms with Gasteiger partial charge in [-0.25, -0.2) is 4.98 Å². The lowest BCUT2D eigenvalue weighted by Gasteiger charge is -2.18. The van der Waals surface area contributed by atoms with Gasteiger partial charge in [0.25, 0.3) is 5.56 Å². The lowest BCUT2D eigenvalue weighted by Crippen LogP contribution is -2.28. The first-order chi connectivity index (χ1) is 14.3. The monoisotopic (exact) mass is 392 g/mol. The number of pyridine rings is 1. The number of aromatic nitrogens is 3. The van der Waals surface area contributed by atoms with Crippen molar-refractivity contribution >= 4 is 17.0 Å². The van der Waals surface area contributed by atoms with Crippen LogP contribution in [-0.2, 0) is 11.2 Å². The van der Waals surface area contributed by atoms with Crippen LogP contribution in [0.5, 0.6) is 0 Å². The van der Waals surface area contributed by atoms with E-state index >= 15 is 0 Å². The quantitative estimate of drug-likeness (QED) is 0.588. The number of ether oxygens (including phenoxy) is 1. The van der Waals surface area contributed by atoms with Gasteiger partial charge in [0.05, 0.1) is 0 Å². The molecule has 0 radical (unpaired) electrons. The summed E-state index contributed by atoms with van der Waals surface area (Å²) in [5.41, 5.74) is 2.76. The predicted molar refractivity (Wildman–Crippen MR) is 116 cm³/mol. The molecule has 0 spiro atoms. The molecule has 6 nitrogen and oxygen atoms in total. The molecule has 1 aliphatic carbocycles. The maximum atomic E-state index is 13.5. The van der Waals surface area contributed by atoms with Gasteiger partial charge in [0, 0.05) is 49.9 Å². The minimum absolute atomic E-state index is 0.0808. The summed E-state index contributed by atoms with van der Waals surface area (Å²) in [6, 6.07) is 12.3. The number of nitrogens with zero attached hydrogens (tertiary/aromatic N) is 3. The molecule has 0 bridgehead atoms. The molecule has 1 aliphatic rings. The molecule has 29 heavy (non-hydrogen) atoms. The van der Waals surface area contributed by atoms with Gasteiger partial charge in [0.1, 0.15) is 5.65 Å². The van der Waals surface area contributed by atoms with Crippen LogP contribution in [0.25, 0.3) is 11.0 Å². The zero-order valence-corrected chi connectivity index (χ0v) is 16.9. The van der Waals surface area contributed by atoms with Crippen molar-refractivity contribution in [3.63, 3.8) is 0 Å². The topological polar surface area (TPSA) is 69.0 Å². The van der Waals surface area contributed by atoms with Crippen molar-refractivity contribution in [3.05, 3.63) is 64.1 Å². The summed E-state index contributed by atoms with van der Waals surface area (Å²) in [6.45, 7) is 1.43. The Balaban J connectivity index is 1.73. The zero-order valence-electron chi connectivity index (χ0n) is 16.9. The summed E-state index contributed by atoms with van der Waals surface area (Å²) in [6.07, 6.45) is 7.72. The highest BCUT2D eigenvalue weighted by Crippen LogP contribution is 2.31. The first-order valence-electron chi connectivity index (χ1n) is 10.4. The van der Waals surface area contributed by atoms with Crippen molar-refractivity contribution in [1.29, 1.82) is 0 Å². The molecule has 1 aromatic carbocycles. The third-order valence-corrected chi connectivity index (χ3v) is 5.58. The summed E-state index contributed by atoms with van der Waals surface area (Å²) in [7, 11) is 1.69. The van der Waals surface area contributed by atoms with Gasteiger partial charge in [-0.2, -0.15) is 4.98 Å². The minimum atomic E-state index is 0.0808. The SMILES string of the molecule is COCCCNc1ncc2cc(Cc3ccccc3)c(=O)n(C3CCCC3)c2n1. The number of nitrogens with one attached hydrogen (secondary N) is 1. The van der Waals surface area contributed by atoms with Crippen LogP contribution < -0.4 is 10.9 Å². The first-order valence-corrected chi connectivity index (χ1v) is 10.4. The maximum Gasteiger partial charge on any atom is 0.256 e. The highest BCUT2D eigenvalue weighted by atomic mass is 16.5. The molecule has 2 heterocycles. The van der Waals surface area contributed by atoms with Gasteiger partial charge in [-0.05, 0) is 30.9 Å². The van der Waals surface area contributed by atoms with Crippen LogP contribution in [0.3, 0.4) is 0 Å². The summed E-state index contributed by atoms with van der Waals surface area (Å²) in [5, 5.41) is 4.17. The molecule has 0 atom stereocenters. The van der Waals surface area contributed by atoms with Gasteiger partial charge in [-0.1, -0.05) is 43.2 Å². The van der Waals surface area contributed by atoms with E-state index in [2.05, 4.69) is 22.4 Å². The fourth-order valence-corrected chi connectivity index (χ4v) is 4.12. The average molecular weight is 393 g/mol. The van der Waals surface area contributed by atoms with Crippen LogP contribution >= 0.6 is 0 Å². The van der Waals surface area contributed by atoms with Crippen molar-refractivity contribution in [1.82, 2.24) is 14.5 Å². The Bertz CT molecular complexity index is 1010. The molecule has 0 unspecified atom stereocenters. The van der Waals surface area contributed by atoms with E-state index in [0.29, 0.717) is 19.0 Å². The second-order valence-corrected chi connectivity index (χ2v) is 7.69. The van der Waals surface area contributed by atoms with E-state index in [4.69, 9.17) is 9.72 Å². The van der Waals surface area contributed by atoms with Crippen LogP contribution in [0.15, 0.2) is 47.4 Å². The molecule has 152 valence electrons. The summed E-state index contributed by atoms with van der Waals surface area (Å²) >= 11 is 0. The van der Waals surface area contributed by atoms with Crippen molar-refractivity contribution in [2.75, 3.05) is 25.6 Å². The third-order valence-electron chi connectivity index (χ3n) is 5.58. The average Bonchev–Trinajstić information content (AvgIpc) is 3.27. The summed E-state index contributed by atoms with van der Waals surface area (Å²) in [5.74, 6) is 0.565.